The van der Waals surface area contributed by atoms with Gasteiger partial charge in [0.15, 0.2) is 0 Å². The highest BCUT2D eigenvalue weighted by Crippen LogP contribution is 2.48. The van der Waals surface area contributed by atoms with Crippen molar-refractivity contribution in [1.82, 2.24) is 15.6 Å². The fraction of sp³-hybridized carbons (Fsp3) is 0.375. The van der Waals surface area contributed by atoms with Crippen molar-refractivity contribution in [2.45, 2.75) is 37.3 Å². The first-order valence-electron chi connectivity index (χ1n) is 10.8. The number of carbonyl (C=O) groups is 1. The molecule has 1 saturated heterocycles. The monoisotopic (exact) mass is 443 g/mol. The molecule has 168 valence electrons. The molecule has 2 aliphatic rings. The number of rotatable bonds is 5. The SMILES string of the molecule is O=C(NC[C@H]1C[C@H](c2c(-c3ccc(F)cc3)[nH]c3c(F)cc(F)cc32)C1)[C@H]1C[C@@H](O)CN1. The average molecular weight is 443 g/mol. The van der Waals surface area contributed by atoms with E-state index >= 15 is 0 Å². The third-order valence-corrected chi connectivity index (χ3v) is 6.63. The van der Waals surface area contributed by atoms with E-state index in [1.807, 2.05) is 0 Å². The first-order chi connectivity index (χ1) is 15.4. The molecule has 1 aromatic heterocycles. The second kappa shape index (κ2) is 8.26. The number of amides is 1. The number of halogens is 3. The zero-order chi connectivity index (χ0) is 22.4. The summed E-state index contributed by atoms with van der Waals surface area (Å²) in [7, 11) is 0. The predicted molar refractivity (Wildman–Crippen MR) is 114 cm³/mol. The molecule has 32 heavy (non-hydrogen) atoms. The van der Waals surface area contributed by atoms with Crippen molar-refractivity contribution in [1.29, 1.82) is 0 Å². The molecule has 1 amide bonds. The van der Waals surface area contributed by atoms with Crippen molar-refractivity contribution in [2.75, 3.05) is 13.1 Å². The van der Waals surface area contributed by atoms with Crippen LogP contribution in [0.3, 0.4) is 0 Å². The van der Waals surface area contributed by atoms with Crippen molar-refractivity contribution in [3.8, 4) is 11.3 Å². The lowest BCUT2D eigenvalue weighted by molar-refractivity contribution is -0.123. The second-order valence-electron chi connectivity index (χ2n) is 8.86. The smallest absolute Gasteiger partial charge is 0.237 e. The Kier molecular flexibility index (Phi) is 5.43. The van der Waals surface area contributed by atoms with E-state index < -0.39 is 17.7 Å². The van der Waals surface area contributed by atoms with E-state index in [9.17, 15) is 23.1 Å². The Hall–Kier alpha value is -2.84. The third kappa shape index (κ3) is 3.89. The molecular formula is C24H24F3N3O2. The van der Waals surface area contributed by atoms with E-state index in [0.29, 0.717) is 36.2 Å². The van der Waals surface area contributed by atoms with Crippen molar-refractivity contribution < 1.29 is 23.1 Å². The lowest BCUT2D eigenvalue weighted by atomic mass is 9.70. The molecule has 2 heterocycles. The standard InChI is InChI=1S/C24H24F3N3O2/c25-15-3-1-13(2-4-15)22-21(18-7-16(26)8-19(27)23(18)30-22)14-5-12(6-14)10-29-24(32)20-9-17(31)11-28-20/h1-4,7-8,12,14,17,20,28,30-31H,5-6,9-11H2,(H,29,32)/t12-,14-,17-,20-/m1/s1. The third-order valence-electron chi connectivity index (χ3n) is 6.63. The number of benzene rings is 2. The number of aromatic amines is 1. The molecule has 5 nitrogen and oxygen atoms in total. The number of hydrogen-bond donors (Lipinski definition) is 4. The normalized spacial score (nSPS) is 25.1. The average Bonchev–Trinajstić information content (AvgIpc) is 3.32. The summed E-state index contributed by atoms with van der Waals surface area (Å²) in [6, 6.07) is 7.75. The first kappa shape index (κ1) is 21.0. The van der Waals surface area contributed by atoms with Crippen molar-refractivity contribution in [2.24, 2.45) is 5.92 Å². The Balaban J connectivity index is 1.35. The van der Waals surface area contributed by atoms with Gasteiger partial charge in [0.2, 0.25) is 5.91 Å². The Labute approximate surface area is 183 Å². The molecule has 2 aromatic carbocycles. The van der Waals surface area contributed by atoms with Crippen LogP contribution in [0, 0.1) is 23.4 Å². The maximum atomic E-state index is 14.5. The lowest BCUT2D eigenvalue weighted by Crippen LogP contribution is -2.43. The highest BCUT2D eigenvalue weighted by atomic mass is 19.1. The van der Waals surface area contributed by atoms with Gasteiger partial charge >= 0.3 is 0 Å². The van der Waals surface area contributed by atoms with Gasteiger partial charge < -0.3 is 20.7 Å². The highest BCUT2D eigenvalue weighted by molar-refractivity contribution is 5.92. The van der Waals surface area contributed by atoms with Gasteiger partial charge in [-0.15, -0.1) is 0 Å². The van der Waals surface area contributed by atoms with E-state index in [1.165, 1.54) is 18.2 Å². The minimum absolute atomic E-state index is 0.0679. The predicted octanol–water partition coefficient (Wildman–Crippen LogP) is 3.58. The van der Waals surface area contributed by atoms with E-state index in [0.717, 1.165) is 24.5 Å². The van der Waals surface area contributed by atoms with Gasteiger partial charge in [0.25, 0.3) is 0 Å². The summed E-state index contributed by atoms with van der Waals surface area (Å²) in [6.45, 7) is 0.935. The number of H-pyrrole nitrogens is 1. The fourth-order valence-electron chi connectivity index (χ4n) is 4.93. The van der Waals surface area contributed by atoms with E-state index in [2.05, 4.69) is 15.6 Å². The number of aromatic nitrogens is 1. The molecule has 1 aliphatic heterocycles. The molecule has 1 saturated carbocycles. The van der Waals surface area contributed by atoms with Crippen LogP contribution in [0.4, 0.5) is 13.2 Å². The summed E-state index contributed by atoms with van der Waals surface area (Å²) in [4.78, 5) is 15.3. The van der Waals surface area contributed by atoms with Crippen LogP contribution in [0.25, 0.3) is 22.2 Å². The van der Waals surface area contributed by atoms with Crippen molar-refractivity contribution in [3.05, 3.63) is 59.4 Å². The second-order valence-corrected chi connectivity index (χ2v) is 8.86. The van der Waals surface area contributed by atoms with Crippen molar-refractivity contribution in [3.63, 3.8) is 0 Å². The van der Waals surface area contributed by atoms with Crippen LogP contribution < -0.4 is 10.6 Å². The summed E-state index contributed by atoms with van der Waals surface area (Å²) in [5.74, 6) is -1.47. The number of β-amino-alcohol motifs (C(OH)–C–C–N with tert-alkyl or cyclic N) is 1. The Bertz CT molecular complexity index is 1160. The fourth-order valence-corrected chi connectivity index (χ4v) is 4.93. The van der Waals surface area contributed by atoms with Crippen molar-refractivity contribution >= 4 is 16.8 Å². The Morgan fingerprint density at radius 3 is 2.50 bits per heavy atom. The molecule has 2 fully saturated rings. The summed E-state index contributed by atoms with van der Waals surface area (Å²) in [5, 5.41) is 16.0. The van der Waals surface area contributed by atoms with Gasteiger partial charge in [-0.25, -0.2) is 13.2 Å². The molecule has 1 aliphatic carbocycles. The zero-order valence-electron chi connectivity index (χ0n) is 17.3. The van der Waals surface area contributed by atoms with Gasteiger partial charge in [-0.1, -0.05) is 0 Å². The van der Waals surface area contributed by atoms with Gasteiger partial charge in [0.1, 0.15) is 17.5 Å². The maximum Gasteiger partial charge on any atom is 0.237 e. The summed E-state index contributed by atoms with van der Waals surface area (Å²) in [5.41, 5.74) is 2.44. The Morgan fingerprint density at radius 2 is 1.81 bits per heavy atom. The van der Waals surface area contributed by atoms with Gasteiger partial charge in [0.05, 0.1) is 23.4 Å². The number of carbonyl (C=O) groups excluding carboxylic acids is 1. The minimum Gasteiger partial charge on any atom is -0.392 e. The number of fused-ring (bicyclic) bond motifs is 1. The van der Waals surface area contributed by atoms with Crippen LogP contribution in [0.2, 0.25) is 0 Å². The van der Waals surface area contributed by atoms with Crippen LogP contribution in [0.5, 0.6) is 0 Å². The highest BCUT2D eigenvalue weighted by Gasteiger charge is 2.35. The topological polar surface area (TPSA) is 77.2 Å². The van der Waals surface area contributed by atoms with Crippen LogP contribution in [0.15, 0.2) is 36.4 Å². The van der Waals surface area contributed by atoms with Crippen LogP contribution in [0.1, 0.15) is 30.7 Å². The molecule has 0 spiro atoms. The molecule has 8 heteroatoms. The van der Waals surface area contributed by atoms with Gasteiger partial charge in [0, 0.05) is 24.5 Å². The molecule has 3 aromatic rings. The number of aliphatic hydroxyl groups is 1. The first-order valence-corrected chi connectivity index (χ1v) is 10.8. The van der Waals surface area contributed by atoms with E-state index in [1.54, 1.807) is 12.1 Å². The zero-order valence-corrected chi connectivity index (χ0v) is 17.3. The van der Waals surface area contributed by atoms with Gasteiger partial charge in [-0.3, -0.25) is 4.79 Å². The molecule has 2 atom stereocenters. The molecular weight excluding hydrogens is 419 g/mol. The molecule has 0 bridgehead atoms. The Morgan fingerprint density at radius 1 is 1.06 bits per heavy atom. The summed E-state index contributed by atoms with van der Waals surface area (Å²) < 4.78 is 41.9. The number of aliphatic hydroxyl groups excluding tert-OH is 1. The number of nitrogens with one attached hydrogen (secondary N) is 3. The maximum absolute atomic E-state index is 14.5. The molecule has 0 radical (unpaired) electrons. The quantitative estimate of drug-likeness (QED) is 0.487. The van der Waals surface area contributed by atoms with Gasteiger partial charge in [-0.05, 0) is 72.6 Å². The molecule has 0 unspecified atom stereocenters. The molecule has 4 N–H and O–H groups in total. The number of hydrogen-bond acceptors (Lipinski definition) is 3. The van der Waals surface area contributed by atoms with Crippen LogP contribution in [-0.2, 0) is 4.79 Å². The van der Waals surface area contributed by atoms with Gasteiger partial charge in [-0.2, -0.15) is 0 Å². The summed E-state index contributed by atoms with van der Waals surface area (Å²) >= 11 is 0. The largest absolute Gasteiger partial charge is 0.392 e. The van der Waals surface area contributed by atoms with Crippen LogP contribution >= 0.6 is 0 Å². The van der Waals surface area contributed by atoms with E-state index in [-0.39, 0.29) is 35.1 Å². The molecule has 5 rings (SSSR count). The van der Waals surface area contributed by atoms with E-state index in [4.69, 9.17) is 0 Å². The summed E-state index contributed by atoms with van der Waals surface area (Å²) in [6.07, 6.45) is 1.44. The van der Waals surface area contributed by atoms with Crippen LogP contribution in [-0.4, -0.2) is 41.2 Å². The minimum atomic E-state index is -0.663. The lowest BCUT2D eigenvalue weighted by Gasteiger charge is -2.36.